The predicted molar refractivity (Wildman–Crippen MR) is 144 cm³/mol. The number of esters is 1. The predicted octanol–water partition coefficient (Wildman–Crippen LogP) is 7.75. The lowest BCUT2D eigenvalue weighted by Gasteiger charge is -2.09. The van der Waals surface area contributed by atoms with Gasteiger partial charge in [0.1, 0.15) is 23.9 Å². The maximum atomic E-state index is 11.5. The monoisotopic (exact) mass is 502 g/mol. The van der Waals surface area contributed by atoms with E-state index in [1.807, 2.05) is 72.8 Å². The van der Waals surface area contributed by atoms with E-state index in [9.17, 15) is 4.79 Å². The molecule has 0 unspecified atom stereocenters. The Kier molecular flexibility index (Phi) is 11.2. The number of methoxy groups -OCH3 is 1. The molecule has 3 aromatic rings. The van der Waals surface area contributed by atoms with Gasteiger partial charge >= 0.3 is 5.97 Å². The smallest absolute Gasteiger partial charge is 0.333 e. The normalized spacial score (nSPS) is 10.8. The molecule has 0 radical (unpaired) electrons. The number of hydrogen-bond donors (Lipinski definition) is 0. The number of nitrogens with zero attached hydrogens (tertiary/aromatic N) is 2. The van der Waals surface area contributed by atoms with Gasteiger partial charge in [0.2, 0.25) is 0 Å². The lowest BCUT2D eigenvalue weighted by molar-refractivity contribution is -0.140. The highest BCUT2D eigenvalue weighted by Crippen LogP contribution is 2.23. The Morgan fingerprint density at radius 3 is 1.89 bits per heavy atom. The Bertz CT molecular complexity index is 1160. The van der Waals surface area contributed by atoms with E-state index in [4.69, 9.17) is 18.9 Å². The molecular weight excluding hydrogens is 468 g/mol. The summed E-state index contributed by atoms with van der Waals surface area (Å²) in [5.74, 6) is 2.00. The van der Waals surface area contributed by atoms with Crippen LogP contribution < -0.4 is 14.2 Å². The summed E-state index contributed by atoms with van der Waals surface area (Å²) in [5, 5.41) is 8.49. The van der Waals surface area contributed by atoms with Crippen LogP contribution >= 0.6 is 0 Å². The van der Waals surface area contributed by atoms with E-state index in [-0.39, 0.29) is 12.6 Å². The second-order valence-electron chi connectivity index (χ2n) is 8.51. The van der Waals surface area contributed by atoms with Gasteiger partial charge < -0.3 is 18.9 Å². The van der Waals surface area contributed by atoms with Crippen LogP contribution in [0, 0.1) is 0 Å². The summed E-state index contributed by atoms with van der Waals surface area (Å²) in [6.07, 6.45) is 4.06. The van der Waals surface area contributed by atoms with Gasteiger partial charge in [-0.3, -0.25) is 0 Å². The zero-order valence-electron chi connectivity index (χ0n) is 21.5. The lowest BCUT2D eigenvalue weighted by Crippen LogP contribution is -2.05. The van der Waals surface area contributed by atoms with Gasteiger partial charge in [0.15, 0.2) is 0 Å². The van der Waals surface area contributed by atoms with Crippen LogP contribution in [0.2, 0.25) is 0 Å². The molecule has 7 nitrogen and oxygen atoms in total. The third-order valence-electron chi connectivity index (χ3n) is 5.38. The summed E-state index contributed by atoms with van der Waals surface area (Å²) in [6.45, 7) is 6.73. The third kappa shape index (κ3) is 10.2. The van der Waals surface area contributed by atoms with Crippen LogP contribution in [-0.2, 0) is 16.1 Å². The standard InChI is InChI=1S/C30H34N2O5/c1-23(2)30(33)37-22-24-9-8-10-29(21-24)36-20-7-5-4-6-19-35-28-17-13-26(14-18-28)32-31-25-11-15-27(34-3)16-12-25/h8-18,21H,1,4-7,19-20,22H2,2-3H3. The van der Waals surface area contributed by atoms with Crippen molar-refractivity contribution in [1.82, 2.24) is 0 Å². The first kappa shape index (κ1) is 27.5. The van der Waals surface area contributed by atoms with E-state index in [2.05, 4.69) is 16.8 Å². The molecule has 0 aliphatic rings. The SMILES string of the molecule is C=C(C)C(=O)OCc1cccc(OCCCCCCOc2ccc(N=Nc3ccc(OC)cc3)cc2)c1. The number of azo groups is 1. The minimum absolute atomic E-state index is 0.208. The number of benzene rings is 3. The largest absolute Gasteiger partial charge is 0.497 e. The van der Waals surface area contributed by atoms with Gasteiger partial charge in [-0.25, -0.2) is 4.79 Å². The molecule has 0 atom stereocenters. The first-order valence-corrected chi connectivity index (χ1v) is 12.4. The highest BCUT2D eigenvalue weighted by atomic mass is 16.5. The molecule has 0 saturated heterocycles. The fourth-order valence-electron chi connectivity index (χ4n) is 3.31. The summed E-state index contributed by atoms with van der Waals surface area (Å²) in [7, 11) is 1.63. The van der Waals surface area contributed by atoms with Gasteiger partial charge in [0.05, 0.1) is 31.7 Å². The van der Waals surface area contributed by atoms with Gasteiger partial charge in [0.25, 0.3) is 0 Å². The van der Waals surface area contributed by atoms with Crippen molar-refractivity contribution in [3.8, 4) is 17.2 Å². The van der Waals surface area contributed by atoms with Crippen molar-refractivity contribution in [2.45, 2.75) is 39.2 Å². The van der Waals surface area contributed by atoms with Crippen molar-refractivity contribution in [2.24, 2.45) is 10.2 Å². The summed E-state index contributed by atoms with van der Waals surface area (Å²) in [6, 6.07) is 22.6. The van der Waals surface area contributed by atoms with E-state index in [1.165, 1.54) is 0 Å². The quantitative estimate of drug-likeness (QED) is 0.0919. The average molecular weight is 503 g/mol. The van der Waals surface area contributed by atoms with E-state index in [0.29, 0.717) is 18.8 Å². The number of hydrogen-bond acceptors (Lipinski definition) is 7. The minimum Gasteiger partial charge on any atom is -0.497 e. The van der Waals surface area contributed by atoms with Crippen molar-refractivity contribution in [1.29, 1.82) is 0 Å². The van der Waals surface area contributed by atoms with Gasteiger partial charge in [-0.2, -0.15) is 10.2 Å². The summed E-state index contributed by atoms with van der Waals surface area (Å²) >= 11 is 0. The van der Waals surface area contributed by atoms with Gasteiger partial charge in [0, 0.05) is 5.57 Å². The van der Waals surface area contributed by atoms with Crippen LogP contribution in [0.4, 0.5) is 11.4 Å². The Labute approximate surface area is 218 Å². The molecule has 37 heavy (non-hydrogen) atoms. The van der Waals surface area contributed by atoms with Gasteiger partial charge in [-0.05, 0) is 98.8 Å². The van der Waals surface area contributed by atoms with Crippen LogP contribution in [0.3, 0.4) is 0 Å². The zero-order chi connectivity index (χ0) is 26.3. The Morgan fingerprint density at radius 2 is 1.32 bits per heavy atom. The molecule has 0 N–H and O–H groups in total. The fourth-order valence-corrected chi connectivity index (χ4v) is 3.31. The number of rotatable bonds is 15. The van der Waals surface area contributed by atoms with Gasteiger partial charge in [-0.1, -0.05) is 18.7 Å². The number of ether oxygens (including phenoxy) is 4. The molecule has 0 amide bonds. The van der Waals surface area contributed by atoms with Crippen LogP contribution in [0.25, 0.3) is 0 Å². The maximum Gasteiger partial charge on any atom is 0.333 e. The average Bonchev–Trinajstić information content (AvgIpc) is 2.93. The van der Waals surface area contributed by atoms with E-state index < -0.39 is 0 Å². The van der Waals surface area contributed by atoms with E-state index >= 15 is 0 Å². The van der Waals surface area contributed by atoms with Crippen molar-refractivity contribution in [3.05, 3.63) is 90.5 Å². The molecule has 0 fully saturated rings. The number of unbranched alkanes of at least 4 members (excludes halogenated alkanes) is 3. The molecule has 3 rings (SSSR count). The van der Waals surface area contributed by atoms with E-state index in [0.717, 1.165) is 59.9 Å². The Morgan fingerprint density at radius 1 is 0.757 bits per heavy atom. The molecule has 0 aliphatic heterocycles. The summed E-state index contributed by atoms with van der Waals surface area (Å²) in [5.41, 5.74) is 2.81. The fraction of sp³-hybridized carbons (Fsp3) is 0.300. The van der Waals surface area contributed by atoms with Crippen molar-refractivity contribution in [2.75, 3.05) is 20.3 Å². The van der Waals surface area contributed by atoms with Crippen LogP contribution in [0.15, 0.2) is 95.2 Å². The van der Waals surface area contributed by atoms with Crippen molar-refractivity contribution < 1.29 is 23.7 Å². The van der Waals surface area contributed by atoms with Crippen LogP contribution in [0.1, 0.15) is 38.2 Å². The van der Waals surface area contributed by atoms with Gasteiger partial charge in [-0.15, -0.1) is 0 Å². The van der Waals surface area contributed by atoms with Crippen molar-refractivity contribution in [3.63, 3.8) is 0 Å². The summed E-state index contributed by atoms with van der Waals surface area (Å²) < 4.78 is 22.0. The molecule has 194 valence electrons. The molecule has 0 aromatic heterocycles. The molecular formula is C30H34N2O5. The highest BCUT2D eigenvalue weighted by Gasteiger charge is 2.04. The first-order valence-electron chi connectivity index (χ1n) is 12.4. The number of carbonyl (C=O) groups is 1. The second-order valence-corrected chi connectivity index (χ2v) is 8.51. The molecule has 3 aromatic carbocycles. The molecule has 7 heteroatoms. The highest BCUT2D eigenvalue weighted by molar-refractivity contribution is 5.86. The van der Waals surface area contributed by atoms with Crippen LogP contribution in [0.5, 0.6) is 17.2 Å². The van der Waals surface area contributed by atoms with Crippen LogP contribution in [-0.4, -0.2) is 26.3 Å². The molecule has 0 bridgehead atoms. The second kappa shape index (κ2) is 15.1. The Hall–Kier alpha value is -4.13. The number of carbonyl (C=O) groups excluding carboxylic acids is 1. The topological polar surface area (TPSA) is 78.7 Å². The molecule has 0 saturated carbocycles. The van der Waals surface area contributed by atoms with E-state index in [1.54, 1.807) is 14.0 Å². The Balaban J connectivity index is 1.26. The minimum atomic E-state index is -0.389. The molecule has 0 aliphatic carbocycles. The lowest BCUT2D eigenvalue weighted by atomic mass is 10.2. The summed E-state index contributed by atoms with van der Waals surface area (Å²) in [4.78, 5) is 11.5. The zero-order valence-corrected chi connectivity index (χ0v) is 21.5. The van der Waals surface area contributed by atoms with Crippen molar-refractivity contribution >= 4 is 17.3 Å². The third-order valence-corrected chi connectivity index (χ3v) is 5.38. The molecule has 0 spiro atoms. The first-order chi connectivity index (χ1) is 18.0. The molecule has 0 heterocycles. The maximum absolute atomic E-state index is 11.5.